The van der Waals surface area contributed by atoms with Crippen molar-refractivity contribution in [3.05, 3.63) is 54.1 Å². The Balaban J connectivity index is 2.18. The molecule has 2 rings (SSSR count). The van der Waals surface area contributed by atoms with Crippen LogP contribution in [0.15, 0.2) is 53.4 Å². The molecule has 0 fully saturated rings. The van der Waals surface area contributed by atoms with Gasteiger partial charge in [0.15, 0.2) is 0 Å². The van der Waals surface area contributed by atoms with Crippen LogP contribution in [0.25, 0.3) is 0 Å². The summed E-state index contributed by atoms with van der Waals surface area (Å²) in [6.45, 7) is 0.455. The summed E-state index contributed by atoms with van der Waals surface area (Å²) >= 11 is 0. The van der Waals surface area contributed by atoms with Crippen molar-refractivity contribution in [1.29, 1.82) is 0 Å². The molecule has 0 bridgehead atoms. The van der Waals surface area contributed by atoms with Gasteiger partial charge in [-0.2, -0.15) is 13.2 Å². The first-order valence-electron chi connectivity index (χ1n) is 9.39. The summed E-state index contributed by atoms with van der Waals surface area (Å²) < 4.78 is 73.4. The van der Waals surface area contributed by atoms with Gasteiger partial charge in [0, 0.05) is 13.3 Å². The van der Waals surface area contributed by atoms with Gasteiger partial charge in [0.1, 0.15) is 11.5 Å². The summed E-state index contributed by atoms with van der Waals surface area (Å²) in [4.78, 5) is 11.4. The van der Waals surface area contributed by atoms with Crippen LogP contribution in [0.1, 0.15) is 25.3 Å². The minimum absolute atomic E-state index is 0.00111. The standard InChI is InChI=1S/C20H23F3N2O6S/c1-15(26)25(27)24(14-16-4-6-17(30-2)7-5-16)32(28,29)19-10-8-18(9-11-19)31-13-3-12-20(21,22)23/h4-11,27H,3,12-14H2,1-2H3. The fraction of sp³-hybridized carbons (Fsp3) is 0.350. The Labute approximate surface area is 183 Å². The predicted octanol–water partition coefficient (Wildman–Crippen LogP) is 3.76. The number of amides is 1. The lowest BCUT2D eigenvalue weighted by Gasteiger charge is -2.28. The van der Waals surface area contributed by atoms with Crippen molar-refractivity contribution in [2.24, 2.45) is 0 Å². The fourth-order valence-electron chi connectivity index (χ4n) is 2.59. The normalized spacial score (nSPS) is 12.0. The quantitative estimate of drug-likeness (QED) is 0.319. The lowest BCUT2D eigenvalue weighted by molar-refractivity contribution is -0.211. The Morgan fingerprint density at radius 2 is 1.59 bits per heavy atom. The van der Waals surface area contributed by atoms with E-state index in [9.17, 15) is 31.6 Å². The second kappa shape index (κ2) is 10.7. The third-order valence-corrected chi connectivity index (χ3v) is 5.95. The van der Waals surface area contributed by atoms with Crippen LogP contribution < -0.4 is 9.47 Å². The summed E-state index contributed by atoms with van der Waals surface area (Å²) in [6, 6.07) is 11.2. The first kappa shape index (κ1) is 25.4. The third kappa shape index (κ3) is 7.11. The molecule has 2 aromatic carbocycles. The maximum absolute atomic E-state index is 13.1. The molecule has 2 aromatic rings. The van der Waals surface area contributed by atoms with E-state index in [1.54, 1.807) is 24.3 Å². The van der Waals surface area contributed by atoms with E-state index in [1.165, 1.54) is 31.4 Å². The van der Waals surface area contributed by atoms with Gasteiger partial charge in [0.2, 0.25) is 0 Å². The minimum Gasteiger partial charge on any atom is -0.497 e. The van der Waals surface area contributed by atoms with Gasteiger partial charge < -0.3 is 9.47 Å². The van der Waals surface area contributed by atoms with Crippen LogP contribution in [0.4, 0.5) is 13.2 Å². The Hall–Kier alpha value is -2.83. The average Bonchev–Trinajstić information content (AvgIpc) is 2.74. The summed E-state index contributed by atoms with van der Waals surface area (Å²) in [5.41, 5.74) is 0.472. The fourth-order valence-corrected chi connectivity index (χ4v) is 3.95. The van der Waals surface area contributed by atoms with Gasteiger partial charge in [-0.15, -0.1) is 5.17 Å². The Bertz CT molecular complexity index is 995. The molecule has 0 aliphatic heterocycles. The van der Waals surface area contributed by atoms with Crippen LogP contribution in [0, 0.1) is 0 Å². The van der Waals surface area contributed by atoms with E-state index in [2.05, 4.69) is 0 Å². The number of rotatable bonds is 10. The molecular weight excluding hydrogens is 453 g/mol. The van der Waals surface area contributed by atoms with E-state index in [4.69, 9.17) is 9.47 Å². The molecule has 12 heteroatoms. The maximum Gasteiger partial charge on any atom is 0.389 e. The number of carbonyl (C=O) groups is 1. The molecule has 1 amide bonds. The largest absolute Gasteiger partial charge is 0.497 e. The van der Waals surface area contributed by atoms with Crippen LogP contribution in [0.2, 0.25) is 0 Å². The highest BCUT2D eigenvalue weighted by atomic mass is 32.2. The molecule has 0 unspecified atom stereocenters. The van der Waals surface area contributed by atoms with E-state index in [1.807, 2.05) is 0 Å². The second-order valence-electron chi connectivity index (χ2n) is 6.68. The zero-order chi connectivity index (χ0) is 23.9. The molecule has 8 nitrogen and oxygen atoms in total. The Morgan fingerprint density at radius 1 is 1.03 bits per heavy atom. The molecule has 0 aliphatic rings. The van der Waals surface area contributed by atoms with Gasteiger partial charge in [0.05, 0.1) is 25.2 Å². The Kier molecular flexibility index (Phi) is 8.47. The molecular formula is C20H23F3N2O6S. The van der Waals surface area contributed by atoms with Gasteiger partial charge in [-0.05, 0) is 48.4 Å². The molecule has 0 aromatic heterocycles. The molecule has 1 N–H and O–H groups in total. The number of benzene rings is 2. The number of methoxy groups -OCH3 is 1. The van der Waals surface area contributed by atoms with E-state index in [0.29, 0.717) is 15.7 Å². The maximum atomic E-state index is 13.1. The van der Waals surface area contributed by atoms with Crippen LogP contribution in [0.5, 0.6) is 11.5 Å². The highest BCUT2D eigenvalue weighted by Gasteiger charge is 2.32. The van der Waals surface area contributed by atoms with Crippen molar-refractivity contribution < 1.29 is 41.1 Å². The van der Waals surface area contributed by atoms with Gasteiger partial charge in [-0.25, -0.2) is 8.42 Å². The molecule has 32 heavy (non-hydrogen) atoms. The predicted molar refractivity (Wildman–Crippen MR) is 107 cm³/mol. The molecule has 0 saturated heterocycles. The zero-order valence-corrected chi connectivity index (χ0v) is 18.2. The summed E-state index contributed by atoms with van der Waals surface area (Å²) in [6.07, 6.45) is -5.50. The molecule has 0 aliphatic carbocycles. The van der Waals surface area contributed by atoms with E-state index >= 15 is 0 Å². The number of nitrogens with zero attached hydrogens (tertiary/aromatic N) is 2. The summed E-state index contributed by atoms with van der Waals surface area (Å²) in [5, 5.41) is 10.1. The number of sulfonamides is 1. The number of ether oxygens (including phenoxy) is 2. The number of hydrogen-bond acceptors (Lipinski definition) is 6. The van der Waals surface area contributed by atoms with Gasteiger partial charge >= 0.3 is 6.18 Å². The number of alkyl halides is 3. The lowest BCUT2D eigenvalue weighted by Crippen LogP contribution is -2.46. The topological polar surface area (TPSA) is 96.4 Å². The summed E-state index contributed by atoms with van der Waals surface area (Å²) in [7, 11) is -2.89. The molecule has 0 radical (unpaired) electrons. The zero-order valence-electron chi connectivity index (χ0n) is 17.4. The molecule has 0 atom stereocenters. The highest BCUT2D eigenvalue weighted by molar-refractivity contribution is 7.89. The Morgan fingerprint density at radius 3 is 2.09 bits per heavy atom. The minimum atomic E-state index is -4.37. The van der Waals surface area contributed by atoms with Crippen molar-refractivity contribution in [3.63, 3.8) is 0 Å². The highest BCUT2D eigenvalue weighted by Crippen LogP contribution is 2.25. The van der Waals surface area contributed by atoms with Gasteiger partial charge in [-0.3, -0.25) is 10.0 Å². The smallest absolute Gasteiger partial charge is 0.389 e. The lowest BCUT2D eigenvalue weighted by atomic mass is 10.2. The van der Waals surface area contributed by atoms with Crippen LogP contribution in [-0.4, -0.2) is 49.0 Å². The first-order chi connectivity index (χ1) is 14.9. The van der Waals surface area contributed by atoms with E-state index in [0.717, 1.165) is 6.92 Å². The van der Waals surface area contributed by atoms with Crippen LogP contribution in [0.3, 0.4) is 0 Å². The second-order valence-corrected chi connectivity index (χ2v) is 8.52. The first-order valence-corrected chi connectivity index (χ1v) is 10.8. The van der Waals surface area contributed by atoms with Crippen molar-refractivity contribution in [3.8, 4) is 11.5 Å². The van der Waals surface area contributed by atoms with Crippen molar-refractivity contribution in [1.82, 2.24) is 9.59 Å². The van der Waals surface area contributed by atoms with Crippen molar-refractivity contribution in [2.75, 3.05) is 13.7 Å². The number of carbonyl (C=O) groups excluding carboxylic acids is 1. The molecule has 0 spiro atoms. The van der Waals surface area contributed by atoms with Gasteiger partial charge in [-0.1, -0.05) is 16.5 Å². The van der Waals surface area contributed by atoms with Crippen LogP contribution >= 0.6 is 0 Å². The number of hydroxylamine groups is 1. The van der Waals surface area contributed by atoms with Crippen LogP contribution in [-0.2, 0) is 21.4 Å². The third-order valence-electron chi connectivity index (χ3n) is 4.24. The molecule has 0 saturated carbocycles. The van der Waals surface area contributed by atoms with Crippen molar-refractivity contribution in [2.45, 2.75) is 37.4 Å². The SMILES string of the molecule is COc1ccc(CN(N(O)C(C)=O)S(=O)(=O)c2ccc(OCCCC(F)(F)F)cc2)cc1. The number of halogens is 3. The molecule has 0 heterocycles. The average molecular weight is 476 g/mol. The number of hydrogen-bond donors (Lipinski definition) is 1. The van der Waals surface area contributed by atoms with E-state index in [-0.39, 0.29) is 35.4 Å². The number of hydrazine groups is 1. The molecule has 176 valence electrons. The van der Waals surface area contributed by atoms with E-state index < -0.39 is 28.5 Å². The monoisotopic (exact) mass is 476 g/mol. The van der Waals surface area contributed by atoms with Gasteiger partial charge in [0.25, 0.3) is 15.9 Å². The van der Waals surface area contributed by atoms with Crippen molar-refractivity contribution >= 4 is 15.9 Å². The summed E-state index contributed by atoms with van der Waals surface area (Å²) in [5.74, 6) is -0.201.